The van der Waals surface area contributed by atoms with Crippen molar-refractivity contribution in [2.75, 3.05) is 12.0 Å². The minimum Gasteiger partial charge on any atom is -0.310 e. The van der Waals surface area contributed by atoms with Crippen molar-refractivity contribution in [1.82, 2.24) is 5.32 Å². The molecule has 2 unspecified atom stereocenters. The van der Waals surface area contributed by atoms with Crippen molar-refractivity contribution in [3.8, 4) is 0 Å². The minimum absolute atomic E-state index is 0.194. The third-order valence-electron chi connectivity index (χ3n) is 2.78. The van der Waals surface area contributed by atoms with Crippen LogP contribution in [0.3, 0.4) is 0 Å². The monoisotopic (exact) mass is 257 g/mol. The SMILES string of the molecule is Cc1cc(F)ccc1CNC(C)CCS(C)=O. The Labute approximate surface area is 105 Å². The summed E-state index contributed by atoms with van der Waals surface area (Å²) in [7, 11) is -0.731. The normalized spacial score (nSPS) is 14.6. The zero-order valence-electron chi connectivity index (χ0n) is 10.6. The molecule has 1 rings (SSSR count). The Morgan fingerprint density at radius 1 is 1.47 bits per heavy atom. The van der Waals surface area contributed by atoms with Crippen LogP contribution in [0.25, 0.3) is 0 Å². The van der Waals surface area contributed by atoms with Crippen molar-refractivity contribution >= 4 is 10.8 Å². The molecule has 0 radical (unpaired) electrons. The van der Waals surface area contributed by atoms with E-state index in [-0.39, 0.29) is 5.82 Å². The molecule has 0 amide bonds. The standard InChI is InChI=1S/C13H20FNOS/c1-10-8-13(14)5-4-12(10)9-15-11(2)6-7-17(3)16/h4-5,8,11,15H,6-7,9H2,1-3H3. The van der Waals surface area contributed by atoms with Gasteiger partial charge in [-0.25, -0.2) is 4.39 Å². The molecule has 96 valence electrons. The first kappa shape index (κ1) is 14.3. The molecule has 2 atom stereocenters. The fourth-order valence-corrected chi connectivity index (χ4v) is 2.27. The van der Waals surface area contributed by atoms with Crippen LogP contribution < -0.4 is 5.32 Å². The molecule has 0 saturated carbocycles. The van der Waals surface area contributed by atoms with E-state index in [1.807, 2.05) is 13.0 Å². The van der Waals surface area contributed by atoms with Crippen LogP contribution in [-0.2, 0) is 17.3 Å². The highest BCUT2D eigenvalue weighted by molar-refractivity contribution is 7.84. The lowest BCUT2D eigenvalue weighted by atomic mass is 10.1. The Balaban J connectivity index is 2.41. The van der Waals surface area contributed by atoms with Gasteiger partial charge in [-0.05, 0) is 43.5 Å². The lowest BCUT2D eigenvalue weighted by Gasteiger charge is -2.14. The summed E-state index contributed by atoms with van der Waals surface area (Å²) in [6.45, 7) is 4.71. The van der Waals surface area contributed by atoms with Gasteiger partial charge >= 0.3 is 0 Å². The second-order valence-corrected chi connectivity index (χ2v) is 5.97. The quantitative estimate of drug-likeness (QED) is 0.848. The minimum atomic E-state index is -0.731. The lowest BCUT2D eigenvalue weighted by Crippen LogP contribution is -2.27. The van der Waals surface area contributed by atoms with E-state index in [2.05, 4.69) is 12.2 Å². The summed E-state index contributed by atoms with van der Waals surface area (Å²) in [6, 6.07) is 5.16. The van der Waals surface area contributed by atoms with Gasteiger partial charge in [-0.2, -0.15) is 0 Å². The summed E-state index contributed by atoms with van der Waals surface area (Å²) in [5, 5.41) is 3.36. The number of aryl methyl sites for hydroxylation is 1. The van der Waals surface area contributed by atoms with Crippen LogP contribution in [0.4, 0.5) is 4.39 Å². The molecular formula is C13H20FNOS. The molecule has 17 heavy (non-hydrogen) atoms. The molecule has 0 aliphatic carbocycles. The predicted octanol–water partition coefficient (Wildman–Crippen LogP) is 2.38. The number of hydrogen-bond donors (Lipinski definition) is 1. The molecule has 1 N–H and O–H groups in total. The Morgan fingerprint density at radius 2 is 2.18 bits per heavy atom. The van der Waals surface area contributed by atoms with Crippen LogP contribution >= 0.6 is 0 Å². The largest absolute Gasteiger partial charge is 0.310 e. The van der Waals surface area contributed by atoms with Gasteiger partial charge in [0, 0.05) is 35.4 Å². The predicted molar refractivity (Wildman–Crippen MR) is 71.0 cm³/mol. The Morgan fingerprint density at radius 3 is 2.76 bits per heavy atom. The van der Waals surface area contributed by atoms with Crippen molar-refractivity contribution in [2.45, 2.75) is 32.9 Å². The third kappa shape index (κ3) is 5.41. The molecular weight excluding hydrogens is 237 g/mol. The summed E-state index contributed by atoms with van der Waals surface area (Å²) in [6.07, 6.45) is 2.61. The van der Waals surface area contributed by atoms with Crippen LogP contribution in [0.5, 0.6) is 0 Å². The van der Waals surface area contributed by atoms with Crippen molar-refractivity contribution < 1.29 is 8.60 Å². The summed E-state index contributed by atoms with van der Waals surface area (Å²) >= 11 is 0. The molecule has 0 bridgehead atoms. The highest BCUT2D eigenvalue weighted by Crippen LogP contribution is 2.10. The summed E-state index contributed by atoms with van der Waals surface area (Å²) < 4.78 is 23.9. The van der Waals surface area contributed by atoms with E-state index in [1.165, 1.54) is 6.07 Å². The molecule has 1 aromatic carbocycles. The first-order valence-corrected chi connectivity index (χ1v) is 7.50. The maximum Gasteiger partial charge on any atom is 0.123 e. The van der Waals surface area contributed by atoms with Crippen LogP contribution in [0.1, 0.15) is 24.5 Å². The van der Waals surface area contributed by atoms with Gasteiger partial charge in [-0.1, -0.05) is 6.07 Å². The average molecular weight is 257 g/mol. The topological polar surface area (TPSA) is 29.1 Å². The van der Waals surface area contributed by atoms with Gasteiger partial charge in [-0.15, -0.1) is 0 Å². The highest BCUT2D eigenvalue weighted by atomic mass is 32.2. The van der Waals surface area contributed by atoms with E-state index >= 15 is 0 Å². The number of rotatable bonds is 6. The molecule has 0 saturated heterocycles. The van der Waals surface area contributed by atoms with Gasteiger partial charge in [0.2, 0.25) is 0 Å². The smallest absolute Gasteiger partial charge is 0.123 e. The third-order valence-corrected chi connectivity index (χ3v) is 3.59. The average Bonchev–Trinajstić information content (AvgIpc) is 2.25. The van der Waals surface area contributed by atoms with Crippen LogP contribution in [0.2, 0.25) is 0 Å². The lowest BCUT2D eigenvalue weighted by molar-refractivity contribution is 0.533. The Hall–Kier alpha value is -0.740. The Bertz CT molecular complexity index is 395. The van der Waals surface area contributed by atoms with Crippen molar-refractivity contribution in [2.24, 2.45) is 0 Å². The summed E-state index contributed by atoms with van der Waals surface area (Å²) in [5.74, 6) is 0.525. The molecule has 0 aliphatic rings. The molecule has 2 nitrogen and oxygen atoms in total. The van der Waals surface area contributed by atoms with Crippen molar-refractivity contribution in [1.29, 1.82) is 0 Å². The van der Waals surface area contributed by atoms with E-state index in [9.17, 15) is 8.60 Å². The van der Waals surface area contributed by atoms with E-state index in [0.29, 0.717) is 6.04 Å². The van der Waals surface area contributed by atoms with Gasteiger partial charge in [0.25, 0.3) is 0 Å². The molecule has 0 fully saturated rings. The maximum absolute atomic E-state index is 12.9. The molecule has 0 aliphatic heterocycles. The molecule has 0 heterocycles. The van der Waals surface area contributed by atoms with E-state index in [4.69, 9.17) is 0 Å². The van der Waals surface area contributed by atoms with Gasteiger partial charge in [-0.3, -0.25) is 4.21 Å². The fraction of sp³-hybridized carbons (Fsp3) is 0.538. The second-order valence-electron chi connectivity index (χ2n) is 4.42. The summed E-state index contributed by atoms with van der Waals surface area (Å²) in [4.78, 5) is 0. The number of hydrogen-bond acceptors (Lipinski definition) is 2. The van der Waals surface area contributed by atoms with Crippen LogP contribution in [0.15, 0.2) is 18.2 Å². The molecule has 0 aromatic heterocycles. The first-order valence-electron chi connectivity index (χ1n) is 5.77. The van der Waals surface area contributed by atoms with E-state index in [0.717, 1.165) is 29.8 Å². The van der Waals surface area contributed by atoms with E-state index in [1.54, 1.807) is 12.3 Å². The molecule has 0 spiro atoms. The summed E-state index contributed by atoms with van der Waals surface area (Å²) in [5.41, 5.74) is 2.07. The first-order chi connectivity index (χ1) is 7.99. The maximum atomic E-state index is 12.9. The van der Waals surface area contributed by atoms with Crippen molar-refractivity contribution in [3.05, 3.63) is 35.1 Å². The number of benzene rings is 1. The van der Waals surface area contributed by atoms with Crippen LogP contribution in [0, 0.1) is 12.7 Å². The highest BCUT2D eigenvalue weighted by Gasteiger charge is 2.04. The van der Waals surface area contributed by atoms with Gasteiger partial charge in [0.15, 0.2) is 0 Å². The van der Waals surface area contributed by atoms with Gasteiger partial charge in [0.05, 0.1) is 0 Å². The number of nitrogens with one attached hydrogen (secondary N) is 1. The van der Waals surface area contributed by atoms with Crippen molar-refractivity contribution in [3.63, 3.8) is 0 Å². The van der Waals surface area contributed by atoms with E-state index < -0.39 is 10.8 Å². The van der Waals surface area contributed by atoms with Crippen LogP contribution in [-0.4, -0.2) is 22.3 Å². The molecule has 4 heteroatoms. The van der Waals surface area contributed by atoms with Gasteiger partial charge in [0.1, 0.15) is 5.82 Å². The fourth-order valence-electron chi connectivity index (χ4n) is 1.59. The Kier molecular flexibility index (Phi) is 5.78. The molecule has 1 aromatic rings. The second kappa shape index (κ2) is 6.87. The zero-order valence-corrected chi connectivity index (χ0v) is 11.4. The van der Waals surface area contributed by atoms with Gasteiger partial charge < -0.3 is 5.32 Å². The zero-order chi connectivity index (χ0) is 12.8. The number of halogens is 1.